The van der Waals surface area contributed by atoms with Crippen LogP contribution in [0.1, 0.15) is 33.8 Å². The maximum absolute atomic E-state index is 12.5. The third-order valence-corrected chi connectivity index (χ3v) is 4.64. The fraction of sp³-hybridized carbons (Fsp3) is 0.300. The predicted octanol–water partition coefficient (Wildman–Crippen LogP) is 1.41. The first-order valence-electron chi connectivity index (χ1n) is 9.14. The van der Waals surface area contributed by atoms with Gasteiger partial charge >= 0.3 is 5.97 Å². The second-order valence-corrected chi connectivity index (χ2v) is 6.63. The Bertz CT molecular complexity index is 909. The minimum Gasteiger partial charge on any atom is -0.459 e. The number of amides is 3. The highest BCUT2D eigenvalue weighted by Crippen LogP contribution is 2.19. The highest BCUT2D eigenvalue weighted by molar-refractivity contribution is 6.06. The number of primary amides is 1. The van der Waals surface area contributed by atoms with Crippen LogP contribution in [0, 0.1) is 5.92 Å². The van der Waals surface area contributed by atoms with E-state index in [-0.39, 0.29) is 29.5 Å². The van der Waals surface area contributed by atoms with E-state index in [0.717, 1.165) is 0 Å². The number of para-hydroxylation sites is 1. The molecule has 152 valence electrons. The lowest BCUT2D eigenvalue weighted by molar-refractivity contribution is -0.137. The molecule has 1 aliphatic rings. The number of ether oxygens (including phenoxy) is 1. The van der Waals surface area contributed by atoms with Crippen molar-refractivity contribution < 1.29 is 28.3 Å². The lowest BCUT2D eigenvalue weighted by Gasteiger charge is -2.31. The second kappa shape index (κ2) is 9.05. The monoisotopic (exact) mass is 399 g/mol. The van der Waals surface area contributed by atoms with Gasteiger partial charge in [-0.15, -0.1) is 0 Å². The zero-order valence-corrected chi connectivity index (χ0v) is 15.6. The van der Waals surface area contributed by atoms with E-state index in [2.05, 4.69) is 5.32 Å². The maximum Gasteiger partial charge on any atom is 0.340 e. The Labute approximate surface area is 166 Å². The van der Waals surface area contributed by atoms with Gasteiger partial charge < -0.3 is 25.1 Å². The van der Waals surface area contributed by atoms with Gasteiger partial charge in [0.1, 0.15) is 0 Å². The molecule has 1 fully saturated rings. The number of benzene rings is 1. The van der Waals surface area contributed by atoms with Crippen molar-refractivity contribution in [1.82, 2.24) is 4.90 Å². The summed E-state index contributed by atoms with van der Waals surface area (Å²) in [5.41, 5.74) is 5.66. The van der Waals surface area contributed by atoms with E-state index in [4.69, 9.17) is 14.9 Å². The number of likely N-dealkylation sites (tertiary alicyclic amines) is 1. The van der Waals surface area contributed by atoms with Crippen molar-refractivity contribution in [3.63, 3.8) is 0 Å². The van der Waals surface area contributed by atoms with Crippen molar-refractivity contribution >= 4 is 29.4 Å². The third-order valence-electron chi connectivity index (χ3n) is 4.64. The van der Waals surface area contributed by atoms with E-state index in [1.807, 2.05) is 0 Å². The maximum atomic E-state index is 12.5. The van der Waals surface area contributed by atoms with Crippen LogP contribution in [-0.2, 0) is 14.3 Å². The first-order valence-corrected chi connectivity index (χ1v) is 9.14. The molecule has 0 saturated carbocycles. The highest BCUT2D eigenvalue weighted by Gasteiger charge is 2.27. The van der Waals surface area contributed by atoms with Crippen LogP contribution in [0.25, 0.3) is 0 Å². The summed E-state index contributed by atoms with van der Waals surface area (Å²) in [4.78, 5) is 49.8. The van der Waals surface area contributed by atoms with E-state index < -0.39 is 30.3 Å². The first kappa shape index (κ1) is 20.1. The van der Waals surface area contributed by atoms with Crippen molar-refractivity contribution in [1.29, 1.82) is 0 Å². The average Bonchev–Trinajstić information content (AvgIpc) is 3.27. The number of hydrogen-bond donors (Lipinski definition) is 2. The van der Waals surface area contributed by atoms with Crippen molar-refractivity contribution in [3.8, 4) is 0 Å². The molecule has 1 aromatic carbocycles. The van der Waals surface area contributed by atoms with Gasteiger partial charge in [-0.3, -0.25) is 14.4 Å². The largest absolute Gasteiger partial charge is 0.459 e. The lowest BCUT2D eigenvalue weighted by Crippen LogP contribution is -2.45. The fourth-order valence-electron chi connectivity index (χ4n) is 3.09. The van der Waals surface area contributed by atoms with Crippen LogP contribution >= 0.6 is 0 Å². The molecule has 9 nitrogen and oxygen atoms in total. The molecule has 3 N–H and O–H groups in total. The molecule has 29 heavy (non-hydrogen) atoms. The van der Waals surface area contributed by atoms with E-state index in [1.165, 1.54) is 23.3 Å². The van der Waals surface area contributed by atoms with Gasteiger partial charge in [0.2, 0.25) is 5.91 Å². The summed E-state index contributed by atoms with van der Waals surface area (Å²) in [5.74, 6) is -2.41. The molecule has 2 aromatic rings. The van der Waals surface area contributed by atoms with Crippen LogP contribution in [0.5, 0.6) is 0 Å². The molecule has 0 radical (unpaired) electrons. The van der Waals surface area contributed by atoms with Crippen LogP contribution in [0.4, 0.5) is 5.69 Å². The average molecular weight is 399 g/mol. The molecule has 3 rings (SSSR count). The molecule has 1 atom stereocenters. The quantitative estimate of drug-likeness (QED) is 0.706. The Morgan fingerprint density at radius 3 is 2.69 bits per heavy atom. The van der Waals surface area contributed by atoms with Crippen molar-refractivity contribution in [2.75, 3.05) is 25.0 Å². The van der Waals surface area contributed by atoms with Crippen LogP contribution < -0.4 is 11.1 Å². The number of hydrogen-bond acceptors (Lipinski definition) is 6. The Hall–Kier alpha value is -3.62. The number of carbonyl (C=O) groups is 4. The molecule has 9 heteroatoms. The van der Waals surface area contributed by atoms with E-state index >= 15 is 0 Å². The van der Waals surface area contributed by atoms with Gasteiger partial charge in [-0.25, -0.2) is 4.79 Å². The predicted molar refractivity (Wildman–Crippen MR) is 102 cm³/mol. The number of anilines is 1. The molecule has 1 aromatic heterocycles. The van der Waals surface area contributed by atoms with Gasteiger partial charge in [0.15, 0.2) is 12.4 Å². The van der Waals surface area contributed by atoms with Gasteiger partial charge in [-0.2, -0.15) is 0 Å². The van der Waals surface area contributed by atoms with Gasteiger partial charge in [0, 0.05) is 13.1 Å². The Balaban J connectivity index is 1.60. The number of carbonyl (C=O) groups excluding carboxylic acids is 4. The van der Waals surface area contributed by atoms with Gasteiger partial charge in [-0.05, 0) is 37.1 Å². The number of esters is 1. The van der Waals surface area contributed by atoms with Gasteiger partial charge in [-0.1, -0.05) is 12.1 Å². The highest BCUT2D eigenvalue weighted by atomic mass is 16.5. The third kappa shape index (κ3) is 5.01. The molecule has 0 bridgehead atoms. The number of nitrogens with one attached hydrogen (secondary N) is 1. The molecule has 0 spiro atoms. The molecule has 2 heterocycles. The molecule has 0 aliphatic carbocycles. The summed E-state index contributed by atoms with van der Waals surface area (Å²) in [6.45, 7) is 0.238. The minimum absolute atomic E-state index is 0.0949. The number of nitrogens with two attached hydrogens (primary N) is 1. The van der Waals surface area contributed by atoms with E-state index in [1.54, 1.807) is 24.3 Å². The summed E-state index contributed by atoms with van der Waals surface area (Å²) in [6.07, 6.45) is 2.67. The van der Waals surface area contributed by atoms with Crippen LogP contribution in [0.2, 0.25) is 0 Å². The molecule has 3 amide bonds. The lowest BCUT2D eigenvalue weighted by atomic mass is 9.97. The minimum atomic E-state index is -0.753. The van der Waals surface area contributed by atoms with Gasteiger partial charge in [0.25, 0.3) is 11.8 Å². The molecule has 0 unspecified atom stereocenters. The van der Waals surface area contributed by atoms with Crippen LogP contribution in [0.15, 0.2) is 47.1 Å². The first-order chi connectivity index (χ1) is 14.0. The van der Waals surface area contributed by atoms with Crippen LogP contribution in [0.3, 0.4) is 0 Å². The summed E-state index contributed by atoms with van der Waals surface area (Å²) in [5, 5.41) is 2.58. The number of piperidine rings is 1. The second-order valence-electron chi connectivity index (χ2n) is 6.63. The van der Waals surface area contributed by atoms with Crippen LogP contribution in [-0.4, -0.2) is 48.3 Å². The Morgan fingerprint density at radius 2 is 1.97 bits per heavy atom. The van der Waals surface area contributed by atoms with Gasteiger partial charge in [0.05, 0.1) is 23.4 Å². The molecular formula is C20H21N3O6. The number of furan rings is 1. The zero-order chi connectivity index (χ0) is 20.8. The topological polar surface area (TPSA) is 132 Å². The smallest absolute Gasteiger partial charge is 0.340 e. The molecular weight excluding hydrogens is 378 g/mol. The van der Waals surface area contributed by atoms with Crippen molar-refractivity contribution in [3.05, 3.63) is 54.0 Å². The number of rotatable bonds is 6. The summed E-state index contributed by atoms with van der Waals surface area (Å²) >= 11 is 0. The fourth-order valence-corrected chi connectivity index (χ4v) is 3.09. The summed E-state index contributed by atoms with van der Waals surface area (Å²) in [6, 6.07) is 9.35. The normalized spacial score (nSPS) is 16.1. The molecule has 1 aliphatic heterocycles. The van der Waals surface area contributed by atoms with E-state index in [9.17, 15) is 19.2 Å². The summed E-state index contributed by atoms with van der Waals surface area (Å²) < 4.78 is 10.2. The van der Waals surface area contributed by atoms with E-state index in [0.29, 0.717) is 19.4 Å². The van der Waals surface area contributed by atoms with Crippen molar-refractivity contribution in [2.45, 2.75) is 12.8 Å². The Morgan fingerprint density at radius 1 is 1.17 bits per heavy atom. The zero-order valence-electron chi connectivity index (χ0n) is 15.6. The Kier molecular flexibility index (Phi) is 6.28. The standard InChI is InChI=1S/C20H21N3O6/c21-18(25)13-5-3-9-23(11-13)17(24)12-29-20(27)14-6-1-2-7-15(14)22-19(26)16-8-4-10-28-16/h1-2,4,6-8,10,13H,3,5,9,11-12H2,(H2,21,25)(H,22,26)/t13-/m0/s1. The van der Waals surface area contributed by atoms with Crippen molar-refractivity contribution in [2.24, 2.45) is 11.7 Å². The summed E-state index contributed by atoms with van der Waals surface area (Å²) in [7, 11) is 0. The number of nitrogens with zero attached hydrogens (tertiary/aromatic N) is 1. The molecule has 1 saturated heterocycles. The SMILES string of the molecule is NC(=O)[C@H]1CCCN(C(=O)COC(=O)c2ccccc2NC(=O)c2ccco2)C1.